The molecule has 0 heterocycles. The summed E-state index contributed by atoms with van der Waals surface area (Å²) in [5.41, 5.74) is 0. The van der Waals surface area contributed by atoms with Gasteiger partial charge >= 0.3 is 5.97 Å². The molecular formula is C18H34N2O3. The van der Waals surface area contributed by atoms with Gasteiger partial charge in [0.15, 0.2) is 0 Å². The Bertz CT molecular complexity index is 354. The lowest BCUT2D eigenvalue weighted by Gasteiger charge is -2.19. The number of nitrogens with zero attached hydrogens (tertiary/aromatic N) is 1. The van der Waals surface area contributed by atoms with E-state index in [4.69, 9.17) is 5.11 Å². The molecule has 0 aromatic carbocycles. The Kier molecular flexibility index (Phi) is 13.4. The van der Waals surface area contributed by atoms with Crippen LogP contribution in [-0.4, -0.2) is 48.6 Å². The van der Waals surface area contributed by atoms with Crippen molar-refractivity contribution in [1.82, 2.24) is 10.2 Å². The van der Waals surface area contributed by atoms with Crippen LogP contribution in [0.4, 0.5) is 0 Å². The fourth-order valence-corrected chi connectivity index (χ4v) is 2.45. The van der Waals surface area contributed by atoms with Gasteiger partial charge in [0.05, 0.1) is 0 Å². The minimum atomic E-state index is -0.784. The lowest BCUT2D eigenvalue weighted by Crippen LogP contribution is -2.35. The average molecular weight is 326 g/mol. The van der Waals surface area contributed by atoms with Gasteiger partial charge in [0.2, 0.25) is 5.91 Å². The molecule has 23 heavy (non-hydrogen) atoms. The number of allylic oxidation sites excluding steroid dienone is 2. The van der Waals surface area contributed by atoms with Crippen LogP contribution in [0.25, 0.3) is 0 Å². The highest BCUT2D eigenvalue weighted by Gasteiger charge is 2.18. The van der Waals surface area contributed by atoms with Gasteiger partial charge in [0.1, 0.15) is 6.04 Å². The van der Waals surface area contributed by atoms with Crippen LogP contribution in [0.5, 0.6) is 0 Å². The molecule has 2 N–H and O–H groups in total. The van der Waals surface area contributed by atoms with Crippen LogP contribution in [0.1, 0.15) is 64.7 Å². The molecule has 0 saturated heterocycles. The van der Waals surface area contributed by atoms with E-state index in [0.29, 0.717) is 19.4 Å². The molecule has 134 valence electrons. The number of unbranched alkanes of at least 4 members (excludes halogenated alkanes) is 5. The molecule has 0 aliphatic carbocycles. The predicted octanol–water partition coefficient (Wildman–Crippen LogP) is 3.20. The van der Waals surface area contributed by atoms with Gasteiger partial charge in [0.25, 0.3) is 0 Å². The van der Waals surface area contributed by atoms with Gasteiger partial charge in [-0.3, -0.25) is 14.5 Å². The van der Waals surface area contributed by atoms with Gasteiger partial charge in [-0.05, 0) is 59.5 Å². The van der Waals surface area contributed by atoms with E-state index in [9.17, 15) is 9.59 Å². The molecule has 5 nitrogen and oxygen atoms in total. The van der Waals surface area contributed by atoms with Crippen LogP contribution >= 0.6 is 0 Å². The van der Waals surface area contributed by atoms with E-state index >= 15 is 0 Å². The summed E-state index contributed by atoms with van der Waals surface area (Å²) in [6, 6.07) is -0.437. The lowest BCUT2D eigenvalue weighted by molar-refractivity contribution is -0.142. The zero-order valence-corrected chi connectivity index (χ0v) is 15.0. The number of nitrogens with one attached hydrogen (secondary N) is 1. The molecule has 1 atom stereocenters. The molecule has 5 heteroatoms. The van der Waals surface area contributed by atoms with E-state index in [0.717, 1.165) is 32.1 Å². The molecule has 0 aromatic rings. The van der Waals surface area contributed by atoms with E-state index in [-0.39, 0.29) is 5.91 Å². The normalized spacial score (nSPS) is 12.7. The van der Waals surface area contributed by atoms with Gasteiger partial charge in [-0.15, -0.1) is 0 Å². The minimum Gasteiger partial charge on any atom is -0.480 e. The summed E-state index contributed by atoms with van der Waals surface area (Å²) in [6.07, 6.45) is 12.7. The first-order valence-corrected chi connectivity index (χ1v) is 8.76. The maximum absolute atomic E-state index is 11.7. The number of carbonyl (C=O) groups is 2. The van der Waals surface area contributed by atoms with Crippen molar-refractivity contribution >= 4 is 11.9 Å². The topological polar surface area (TPSA) is 69.6 Å². The number of carboxylic acid groups (broad SMARTS) is 1. The van der Waals surface area contributed by atoms with Crippen LogP contribution in [0, 0.1) is 0 Å². The van der Waals surface area contributed by atoms with Gasteiger partial charge in [-0.1, -0.05) is 25.0 Å². The van der Waals surface area contributed by atoms with Crippen LogP contribution in [0.2, 0.25) is 0 Å². The molecule has 0 aromatic heterocycles. The predicted molar refractivity (Wildman–Crippen MR) is 94.5 cm³/mol. The Hall–Kier alpha value is -1.36. The fourth-order valence-electron chi connectivity index (χ4n) is 2.45. The number of rotatable bonds is 14. The summed E-state index contributed by atoms with van der Waals surface area (Å²) < 4.78 is 0. The standard InChI is InChI=1S/C18H34N2O3/c1-4-5-6-7-8-9-10-14-17(21)19-15-12-11-13-16(18(22)23)20(2)3/h4-5,16H,6-15H2,1-3H3,(H,19,21)(H,22,23)/b5-4+/t16-/m0/s1. The minimum absolute atomic E-state index is 0.112. The Morgan fingerprint density at radius 3 is 2.39 bits per heavy atom. The summed E-state index contributed by atoms with van der Waals surface area (Å²) >= 11 is 0. The van der Waals surface area contributed by atoms with Crippen molar-refractivity contribution in [2.45, 2.75) is 70.8 Å². The van der Waals surface area contributed by atoms with Gasteiger partial charge in [-0.25, -0.2) is 0 Å². The molecule has 0 bridgehead atoms. The van der Waals surface area contributed by atoms with Gasteiger partial charge < -0.3 is 10.4 Å². The monoisotopic (exact) mass is 326 g/mol. The highest BCUT2D eigenvalue weighted by molar-refractivity contribution is 5.75. The lowest BCUT2D eigenvalue weighted by atomic mass is 10.1. The van der Waals surface area contributed by atoms with Crippen molar-refractivity contribution in [3.63, 3.8) is 0 Å². The summed E-state index contributed by atoms with van der Waals surface area (Å²) in [7, 11) is 3.55. The van der Waals surface area contributed by atoms with Crippen molar-refractivity contribution < 1.29 is 14.7 Å². The number of hydrogen-bond donors (Lipinski definition) is 2. The van der Waals surface area contributed by atoms with Gasteiger partial charge in [-0.2, -0.15) is 0 Å². The Morgan fingerprint density at radius 1 is 1.09 bits per heavy atom. The molecule has 0 aliphatic rings. The second-order valence-corrected chi connectivity index (χ2v) is 6.19. The molecule has 1 amide bonds. The maximum Gasteiger partial charge on any atom is 0.320 e. The highest BCUT2D eigenvalue weighted by Crippen LogP contribution is 2.07. The second kappa shape index (κ2) is 14.2. The largest absolute Gasteiger partial charge is 0.480 e. The summed E-state index contributed by atoms with van der Waals surface area (Å²) in [4.78, 5) is 24.4. The number of amides is 1. The van der Waals surface area contributed by atoms with Crippen molar-refractivity contribution in [2.75, 3.05) is 20.6 Å². The van der Waals surface area contributed by atoms with Crippen molar-refractivity contribution in [1.29, 1.82) is 0 Å². The highest BCUT2D eigenvalue weighted by atomic mass is 16.4. The average Bonchev–Trinajstić information content (AvgIpc) is 2.49. The third-order valence-electron chi connectivity index (χ3n) is 3.90. The third kappa shape index (κ3) is 12.8. The van der Waals surface area contributed by atoms with Crippen LogP contribution < -0.4 is 5.32 Å². The summed E-state index contributed by atoms with van der Waals surface area (Å²) in [5, 5.41) is 12.0. The van der Waals surface area contributed by atoms with E-state index in [2.05, 4.69) is 17.5 Å². The first kappa shape index (κ1) is 21.6. The summed E-state index contributed by atoms with van der Waals surface area (Å²) in [5.74, 6) is -0.672. The molecule has 0 unspecified atom stereocenters. The Labute approximate surface area is 141 Å². The Morgan fingerprint density at radius 2 is 1.78 bits per heavy atom. The van der Waals surface area contributed by atoms with E-state index in [1.54, 1.807) is 19.0 Å². The third-order valence-corrected chi connectivity index (χ3v) is 3.90. The Balaban J connectivity index is 3.51. The number of aliphatic carboxylic acids is 1. The molecular weight excluding hydrogens is 292 g/mol. The molecule has 0 spiro atoms. The van der Waals surface area contributed by atoms with Crippen LogP contribution in [0.3, 0.4) is 0 Å². The molecule has 0 saturated carbocycles. The first-order valence-electron chi connectivity index (χ1n) is 8.76. The molecule has 0 rings (SSSR count). The van der Waals surface area contributed by atoms with Crippen molar-refractivity contribution in [3.05, 3.63) is 12.2 Å². The van der Waals surface area contributed by atoms with Crippen LogP contribution in [-0.2, 0) is 9.59 Å². The molecule has 0 radical (unpaired) electrons. The number of carboxylic acids is 1. The number of carbonyl (C=O) groups excluding carboxylic acids is 1. The quantitative estimate of drug-likeness (QED) is 0.380. The molecule has 0 fully saturated rings. The SMILES string of the molecule is C/C=C/CCCCCCC(=O)NCCCC[C@@H](C(=O)O)N(C)C. The van der Waals surface area contributed by atoms with Crippen molar-refractivity contribution in [2.24, 2.45) is 0 Å². The fraction of sp³-hybridized carbons (Fsp3) is 0.778. The number of likely N-dealkylation sites (N-methyl/N-ethyl adjacent to an activating group) is 1. The van der Waals surface area contributed by atoms with Crippen LogP contribution in [0.15, 0.2) is 12.2 Å². The van der Waals surface area contributed by atoms with Crippen molar-refractivity contribution in [3.8, 4) is 0 Å². The van der Waals surface area contributed by atoms with Gasteiger partial charge in [0, 0.05) is 13.0 Å². The molecule has 0 aliphatic heterocycles. The summed E-state index contributed by atoms with van der Waals surface area (Å²) in [6.45, 7) is 2.67. The zero-order valence-electron chi connectivity index (χ0n) is 15.0. The number of hydrogen-bond acceptors (Lipinski definition) is 3. The second-order valence-electron chi connectivity index (χ2n) is 6.19. The van der Waals surface area contributed by atoms with E-state index in [1.807, 2.05) is 6.92 Å². The van der Waals surface area contributed by atoms with E-state index in [1.165, 1.54) is 12.8 Å². The maximum atomic E-state index is 11.7. The first-order chi connectivity index (χ1) is 11.0. The zero-order chi connectivity index (χ0) is 17.5. The van der Waals surface area contributed by atoms with E-state index < -0.39 is 12.0 Å². The smallest absolute Gasteiger partial charge is 0.320 e.